The van der Waals surface area contributed by atoms with Gasteiger partial charge in [0, 0.05) is 6.42 Å². The number of hydrogen-bond donors (Lipinski definition) is 2. The molecule has 0 heterocycles. The Hall–Kier alpha value is -1.81. The highest BCUT2D eigenvalue weighted by molar-refractivity contribution is 5.86. The smallest absolute Gasteiger partial charge is 0.334 e. The predicted molar refractivity (Wildman–Crippen MR) is 63.7 cm³/mol. The van der Waals surface area contributed by atoms with E-state index in [4.69, 9.17) is 9.84 Å². The van der Waals surface area contributed by atoms with Crippen molar-refractivity contribution in [1.29, 1.82) is 0 Å². The summed E-state index contributed by atoms with van der Waals surface area (Å²) in [5, 5.41) is 18.2. The molecule has 0 saturated heterocycles. The van der Waals surface area contributed by atoms with Crippen LogP contribution >= 0.6 is 0 Å². The molecule has 0 radical (unpaired) electrons. The van der Waals surface area contributed by atoms with Crippen LogP contribution in [0.15, 0.2) is 41.7 Å². The molecule has 0 amide bonds. The van der Waals surface area contributed by atoms with E-state index in [0.29, 0.717) is 5.75 Å². The Balaban J connectivity index is 2.93. The summed E-state index contributed by atoms with van der Waals surface area (Å²) in [5.41, 5.74) is 0.106. The zero-order chi connectivity index (χ0) is 12.8. The number of para-hydroxylation sites is 1. The highest BCUT2D eigenvalue weighted by atomic mass is 16.5. The SMILES string of the molecule is CC(C(=O)O)=C(CC(C)O)Oc1ccccc1. The Kier molecular flexibility index (Phi) is 4.72. The van der Waals surface area contributed by atoms with E-state index >= 15 is 0 Å². The number of rotatable bonds is 5. The van der Waals surface area contributed by atoms with Crippen molar-refractivity contribution in [3.05, 3.63) is 41.7 Å². The van der Waals surface area contributed by atoms with E-state index in [0.717, 1.165) is 0 Å². The van der Waals surface area contributed by atoms with Crippen molar-refractivity contribution in [2.24, 2.45) is 0 Å². The number of ether oxygens (including phenoxy) is 1. The third-order valence-corrected chi connectivity index (χ3v) is 2.20. The zero-order valence-electron chi connectivity index (χ0n) is 9.88. The first-order valence-electron chi connectivity index (χ1n) is 5.34. The van der Waals surface area contributed by atoms with E-state index in [1.165, 1.54) is 6.92 Å². The Morgan fingerprint density at radius 1 is 1.35 bits per heavy atom. The van der Waals surface area contributed by atoms with Gasteiger partial charge in [0.15, 0.2) is 0 Å². The van der Waals surface area contributed by atoms with Crippen LogP contribution in [-0.4, -0.2) is 22.3 Å². The second-order valence-corrected chi connectivity index (χ2v) is 3.82. The van der Waals surface area contributed by atoms with E-state index in [-0.39, 0.29) is 17.8 Å². The normalized spacial score (nSPS) is 13.8. The van der Waals surface area contributed by atoms with E-state index in [1.807, 2.05) is 6.07 Å². The van der Waals surface area contributed by atoms with Gasteiger partial charge in [-0.3, -0.25) is 0 Å². The fourth-order valence-electron chi connectivity index (χ4n) is 1.29. The third kappa shape index (κ3) is 4.28. The number of hydrogen-bond acceptors (Lipinski definition) is 3. The van der Waals surface area contributed by atoms with Gasteiger partial charge in [0.05, 0.1) is 11.7 Å². The minimum atomic E-state index is -1.04. The molecule has 4 heteroatoms. The number of carboxylic acids is 1. The van der Waals surface area contributed by atoms with Gasteiger partial charge < -0.3 is 14.9 Å². The van der Waals surface area contributed by atoms with Crippen LogP contribution in [0.4, 0.5) is 0 Å². The maximum Gasteiger partial charge on any atom is 0.334 e. The molecule has 0 saturated carbocycles. The van der Waals surface area contributed by atoms with Crippen molar-refractivity contribution in [2.45, 2.75) is 26.4 Å². The van der Waals surface area contributed by atoms with Gasteiger partial charge >= 0.3 is 5.97 Å². The molecule has 0 bridgehead atoms. The lowest BCUT2D eigenvalue weighted by molar-refractivity contribution is -0.132. The minimum Gasteiger partial charge on any atom is -0.478 e. The summed E-state index contributed by atoms with van der Waals surface area (Å²) in [6, 6.07) is 8.90. The minimum absolute atomic E-state index is 0.106. The first kappa shape index (κ1) is 13.3. The molecular formula is C13H16O4. The van der Waals surface area contributed by atoms with Gasteiger partial charge in [0.1, 0.15) is 11.5 Å². The molecule has 0 aliphatic carbocycles. The Labute approximate surface area is 100 Å². The number of aliphatic hydroxyl groups is 1. The first-order chi connectivity index (χ1) is 8.00. The van der Waals surface area contributed by atoms with Crippen LogP contribution < -0.4 is 4.74 Å². The molecule has 0 aliphatic heterocycles. The van der Waals surface area contributed by atoms with Crippen LogP contribution in [0.1, 0.15) is 20.3 Å². The van der Waals surface area contributed by atoms with Crippen molar-refractivity contribution in [2.75, 3.05) is 0 Å². The molecule has 1 aromatic rings. The van der Waals surface area contributed by atoms with E-state index in [1.54, 1.807) is 31.2 Å². The van der Waals surface area contributed by atoms with E-state index in [9.17, 15) is 9.90 Å². The number of aliphatic hydroxyl groups excluding tert-OH is 1. The maximum absolute atomic E-state index is 10.9. The van der Waals surface area contributed by atoms with Crippen molar-refractivity contribution in [3.8, 4) is 5.75 Å². The van der Waals surface area contributed by atoms with Gasteiger partial charge in [0.25, 0.3) is 0 Å². The number of benzene rings is 1. The summed E-state index contributed by atoms with van der Waals surface area (Å²) in [5.74, 6) is -0.209. The lowest BCUT2D eigenvalue weighted by atomic mass is 10.1. The largest absolute Gasteiger partial charge is 0.478 e. The summed E-state index contributed by atoms with van der Waals surface area (Å²) in [6.07, 6.45) is -0.476. The average Bonchev–Trinajstić information content (AvgIpc) is 2.28. The molecule has 0 aliphatic rings. The molecule has 0 fully saturated rings. The van der Waals surface area contributed by atoms with Gasteiger partial charge in [-0.15, -0.1) is 0 Å². The molecule has 1 aromatic carbocycles. The second-order valence-electron chi connectivity index (χ2n) is 3.82. The summed E-state index contributed by atoms with van der Waals surface area (Å²) >= 11 is 0. The van der Waals surface area contributed by atoms with E-state index < -0.39 is 12.1 Å². The Morgan fingerprint density at radius 2 is 1.94 bits per heavy atom. The van der Waals surface area contributed by atoms with Crippen LogP contribution in [0.5, 0.6) is 5.75 Å². The number of carboxylic acid groups (broad SMARTS) is 1. The Bertz CT molecular complexity index is 407. The van der Waals surface area contributed by atoms with E-state index in [2.05, 4.69) is 0 Å². The lowest BCUT2D eigenvalue weighted by Crippen LogP contribution is -2.12. The van der Waals surface area contributed by atoms with Crippen LogP contribution in [0.25, 0.3) is 0 Å². The van der Waals surface area contributed by atoms with Crippen molar-refractivity contribution in [1.82, 2.24) is 0 Å². The molecule has 1 atom stereocenters. The van der Waals surface area contributed by atoms with Gasteiger partial charge in [-0.05, 0) is 26.0 Å². The molecular weight excluding hydrogens is 220 g/mol. The number of aliphatic carboxylic acids is 1. The van der Waals surface area contributed by atoms with Gasteiger partial charge in [-0.25, -0.2) is 4.79 Å². The van der Waals surface area contributed by atoms with Gasteiger partial charge in [0.2, 0.25) is 0 Å². The first-order valence-corrected chi connectivity index (χ1v) is 5.34. The maximum atomic E-state index is 10.9. The molecule has 0 aromatic heterocycles. The van der Waals surface area contributed by atoms with Crippen LogP contribution in [-0.2, 0) is 4.79 Å². The van der Waals surface area contributed by atoms with Crippen molar-refractivity contribution < 1.29 is 19.7 Å². The zero-order valence-corrected chi connectivity index (χ0v) is 9.88. The molecule has 4 nitrogen and oxygen atoms in total. The average molecular weight is 236 g/mol. The quantitative estimate of drug-likeness (QED) is 0.607. The lowest BCUT2D eigenvalue weighted by Gasteiger charge is -2.13. The summed E-state index contributed by atoms with van der Waals surface area (Å²) in [4.78, 5) is 10.9. The summed E-state index contributed by atoms with van der Waals surface area (Å²) in [6.45, 7) is 3.05. The third-order valence-electron chi connectivity index (χ3n) is 2.20. The molecule has 92 valence electrons. The van der Waals surface area contributed by atoms with Crippen LogP contribution in [0, 0.1) is 0 Å². The van der Waals surface area contributed by atoms with Crippen LogP contribution in [0.2, 0.25) is 0 Å². The van der Waals surface area contributed by atoms with Crippen LogP contribution in [0.3, 0.4) is 0 Å². The molecule has 17 heavy (non-hydrogen) atoms. The number of carbonyl (C=O) groups is 1. The van der Waals surface area contributed by atoms with Crippen molar-refractivity contribution in [3.63, 3.8) is 0 Å². The predicted octanol–water partition coefficient (Wildman–Crippen LogP) is 2.19. The van der Waals surface area contributed by atoms with Gasteiger partial charge in [-0.2, -0.15) is 0 Å². The topological polar surface area (TPSA) is 66.8 Å². The highest BCUT2D eigenvalue weighted by Crippen LogP contribution is 2.19. The molecule has 2 N–H and O–H groups in total. The Morgan fingerprint density at radius 3 is 2.41 bits per heavy atom. The molecule has 0 spiro atoms. The molecule has 1 unspecified atom stereocenters. The molecule has 1 rings (SSSR count). The monoisotopic (exact) mass is 236 g/mol. The fraction of sp³-hybridized carbons (Fsp3) is 0.308. The second kappa shape index (κ2) is 6.06. The fourth-order valence-corrected chi connectivity index (χ4v) is 1.29. The standard InChI is InChI=1S/C13H16O4/c1-9(14)8-12(10(2)13(15)16)17-11-6-4-3-5-7-11/h3-7,9,14H,8H2,1-2H3,(H,15,16). The van der Waals surface area contributed by atoms with Gasteiger partial charge in [-0.1, -0.05) is 18.2 Å². The summed E-state index contributed by atoms with van der Waals surface area (Å²) in [7, 11) is 0. The van der Waals surface area contributed by atoms with Crippen molar-refractivity contribution >= 4 is 5.97 Å². The highest BCUT2D eigenvalue weighted by Gasteiger charge is 2.14. The summed E-state index contributed by atoms with van der Waals surface area (Å²) < 4.78 is 5.49.